The van der Waals surface area contributed by atoms with Gasteiger partial charge in [-0.1, -0.05) is 0 Å². The van der Waals surface area contributed by atoms with E-state index in [9.17, 15) is 19.7 Å². The summed E-state index contributed by atoms with van der Waals surface area (Å²) in [6.07, 6.45) is 1.33. The number of benzene rings is 2. The van der Waals surface area contributed by atoms with Crippen LogP contribution < -0.4 is 15.0 Å². The van der Waals surface area contributed by atoms with Crippen LogP contribution in [0.15, 0.2) is 70.7 Å². The predicted molar refractivity (Wildman–Crippen MR) is 125 cm³/mol. The van der Waals surface area contributed by atoms with Crippen LogP contribution in [0.4, 0.5) is 11.4 Å². The first kappa shape index (κ1) is 21.9. The molecule has 0 atom stereocenters. The first-order valence-electron chi connectivity index (χ1n) is 9.86. The molecule has 0 radical (unpaired) electrons. The minimum atomic E-state index is -0.638. The maximum atomic E-state index is 13.1. The van der Waals surface area contributed by atoms with Crippen LogP contribution in [0.5, 0.6) is 5.75 Å². The second-order valence-electron chi connectivity index (χ2n) is 6.89. The normalized spacial score (nSPS) is 15.0. The van der Waals surface area contributed by atoms with Gasteiger partial charge in [-0.2, -0.15) is 0 Å². The second-order valence-corrected chi connectivity index (χ2v) is 7.28. The summed E-state index contributed by atoms with van der Waals surface area (Å²) < 4.78 is 11.1. The van der Waals surface area contributed by atoms with E-state index in [2.05, 4.69) is 5.32 Å². The lowest BCUT2D eigenvalue weighted by Crippen LogP contribution is -2.54. The summed E-state index contributed by atoms with van der Waals surface area (Å²) in [5.41, 5.74) is 0.900. The fourth-order valence-corrected chi connectivity index (χ4v) is 3.51. The summed E-state index contributed by atoms with van der Waals surface area (Å²) in [6.45, 7) is 2.37. The maximum Gasteiger partial charge on any atom is 0.270 e. The number of non-ortho nitro benzene ring substituents is 1. The van der Waals surface area contributed by atoms with Crippen LogP contribution in [0.3, 0.4) is 0 Å². The van der Waals surface area contributed by atoms with Crippen molar-refractivity contribution in [1.82, 2.24) is 5.32 Å². The largest absolute Gasteiger partial charge is 0.494 e. The third kappa shape index (κ3) is 4.51. The number of amides is 2. The molecular weight excluding hydrogens is 446 g/mol. The Kier molecular flexibility index (Phi) is 6.01. The van der Waals surface area contributed by atoms with Gasteiger partial charge in [0.1, 0.15) is 22.8 Å². The molecule has 166 valence electrons. The molecular formula is C23H17N3O6S. The first-order valence-corrected chi connectivity index (χ1v) is 10.3. The van der Waals surface area contributed by atoms with Crippen LogP contribution in [0.1, 0.15) is 12.7 Å². The highest BCUT2D eigenvalue weighted by atomic mass is 32.1. The number of thiocarbonyl (C=S) groups is 1. The number of furan rings is 1. The average molecular weight is 463 g/mol. The van der Waals surface area contributed by atoms with Gasteiger partial charge in [0.2, 0.25) is 0 Å². The van der Waals surface area contributed by atoms with Crippen LogP contribution in [0.25, 0.3) is 17.4 Å². The Balaban J connectivity index is 1.60. The zero-order valence-electron chi connectivity index (χ0n) is 17.3. The zero-order chi connectivity index (χ0) is 23.5. The highest BCUT2D eigenvalue weighted by Crippen LogP contribution is 2.28. The van der Waals surface area contributed by atoms with E-state index in [1.807, 2.05) is 6.92 Å². The molecule has 2 amide bonds. The number of ether oxygens (including phenoxy) is 1. The number of hydrogen-bond donors (Lipinski definition) is 1. The minimum Gasteiger partial charge on any atom is -0.494 e. The number of nitro groups is 1. The van der Waals surface area contributed by atoms with E-state index >= 15 is 0 Å². The number of nitro benzene ring substituents is 1. The lowest BCUT2D eigenvalue weighted by molar-refractivity contribution is -0.384. The number of nitrogens with zero attached hydrogens (tertiary/aromatic N) is 2. The fourth-order valence-electron chi connectivity index (χ4n) is 3.23. The molecule has 0 aliphatic carbocycles. The molecule has 1 saturated heterocycles. The number of rotatable bonds is 6. The summed E-state index contributed by atoms with van der Waals surface area (Å²) in [7, 11) is 0. The summed E-state index contributed by atoms with van der Waals surface area (Å²) in [5.74, 6) is 0.105. The SMILES string of the molecule is CCOc1ccc(N2C(=O)/C(=C/c3ccc(-c4ccc([N+](=O)[O-])cc4)o3)C(=O)NC2=S)cc1. The van der Waals surface area contributed by atoms with Gasteiger partial charge in [-0.3, -0.25) is 29.9 Å². The average Bonchev–Trinajstić information content (AvgIpc) is 3.27. The Morgan fingerprint density at radius 3 is 2.42 bits per heavy atom. The van der Waals surface area contributed by atoms with E-state index in [4.69, 9.17) is 21.4 Å². The van der Waals surface area contributed by atoms with E-state index in [0.717, 1.165) is 0 Å². The number of nitrogens with one attached hydrogen (secondary N) is 1. The van der Waals surface area contributed by atoms with Crippen LogP contribution >= 0.6 is 12.2 Å². The van der Waals surface area contributed by atoms with Crippen LogP contribution in [0, 0.1) is 10.1 Å². The molecule has 0 spiro atoms. The molecule has 1 aliphatic heterocycles. The molecule has 1 fully saturated rings. The Bertz CT molecular complexity index is 1280. The quantitative estimate of drug-likeness (QED) is 0.193. The Labute approximate surface area is 193 Å². The van der Waals surface area contributed by atoms with Crippen molar-refractivity contribution < 1.29 is 23.7 Å². The standard InChI is InChI=1S/C23H17N3O6S/c1-2-31-17-9-7-15(8-10-17)25-22(28)19(21(27)24-23(25)33)13-18-11-12-20(32-18)14-3-5-16(6-4-14)26(29)30/h3-13H,2H2,1H3,(H,24,27,33)/b19-13+. The van der Waals surface area contributed by atoms with E-state index in [1.54, 1.807) is 48.5 Å². The maximum absolute atomic E-state index is 13.1. The molecule has 0 unspecified atom stereocenters. The van der Waals surface area contributed by atoms with Crippen molar-refractivity contribution in [2.45, 2.75) is 6.92 Å². The summed E-state index contributed by atoms with van der Waals surface area (Å²) in [4.78, 5) is 37.1. The van der Waals surface area contributed by atoms with Gasteiger partial charge < -0.3 is 9.15 Å². The minimum absolute atomic E-state index is 0.0303. The van der Waals surface area contributed by atoms with Gasteiger partial charge in [0.05, 0.1) is 17.2 Å². The number of carbonyl (C=O) groups excluding carboxylic acids is 2. The van der Waals surface area contributed by atoms with Crippen molar-refractivity contribution in [3.63, 3.8) is 0 Å². The van der Waals surface area contributed by atoms with E-state index in [1.165, 1.54) is 23.1 Å². The van der Waals surface area contributed by atoms with Crippen molar-refractivity contribution in [2.24, 2.45) is 0 Å². The third-order valence-electron chi connectivity index (χ3n) is 4.78. The third-order valence-corrected chi connectivity index (χ3v) is 5.07. The van der Waals surface area contributed by atoms with E-state index in [0.29, 0.717) is 29.4 Å². The smallest absolute Gasteiger partial charge is 0.270 e. The van der Waals surface area contributed by atoms with Crippen molar-refractivity contribution in [3.8, 4) is 17.1 Å². The molecule has 1 aliphatic rings. The van der Waals surface area contributed by atoms with Crippen LogP contribution in [-0.4, -0.2) is 28.5 Å². The Morgan fingerprint density at radius 1 is 1.09 bits per heavy atom. The molecule has 4 rings (SSSR count). The zero-order valence-corrected chi connectivity index (χ0v) is 18.1. The Hall–Kier alpha value is -4.31. The number of carbonyl (C=O) groups is 2. The molecule has 2 heterocycles. The molecule has 3 aromatic rings. The molecule has 1 N–H and O–H groups in total. The van der Waals surface area contributed by atoms with Crippen LogP contribution in [0.2, 0.25) is 0 Å². The van der Waals surface area contributed by atoms with Crippen molar-refractivity contribution in [3.05, 3.63) is 82.1 Å². The monoisotopic (exact) mass is 463 g/mol. The molecule has 0 saturated carbocycles. The van der Waals surface area contributed by atoms with Crippen molar-refractivity contribution in [2.75, 3.05) is 11.5 Å². The van der Waals surface area contributed by atoms with Crippen LogP contribution in [-0.2, 0) is 9.59 Å². The summed E-state index contributed by atoms with van der Waals surface area (Å²) in [6, 6.07) is 15.8. The number of anilines is 1. The van der Waals surface area contributed by atoms with Gasteiger partial charge in [0.15, 0.2) is 5.11 Å². The molecule has 9 nitrogen and oxygen atoms in total. The summed E-state index contributed by atoms with van der Waals surface area (Å²) >= 11 is 5.21. The Morgan fingerprint density at radius 2 is 1.79 bits per heavy atom. The van der Waals surface area contributed by atoms with Gasteiger partial charge in [0, 0.05) is 17.7 Å². The first-order chi connectivity index (χ1) is 15.9. The van der Waals surface area contributed by atoms with Crippen molar-refractivity contribution >= 4 is 46.6 Å². The topological polar surface area (TPSA) is 115 Å². The molecule has 10 heteroatoms. The highest BCUT2D eigenvalue weighted by molar-refractivity contribution is 7.80. The number of hydrogen-bond acceptors (Lipinski definition) is 7. The second kappa shape index (κ2) is 9.05. The molecule has 0 bridgehead atoms. The van der Waals surface area contributed by atoms with Gasteiger partial charge in [-0.25, -0.2) is 0 Å². The molecule has 1 aromatic heterocycles. The van der Waals surface area contributed by atoms with Gasteiger partial charge in [0.25, 0.3) is 17.5 Å². The van der Waals surface area contributed by atoms with Gasteiger partial charge >= 0.3 is 0 Å². The van der Waals surface area contributed by atoms with Crippen molar-refractivity contribution in [1.29, 1.82) is 0 Å². The van der Waals surface area contributed by atoms with Gasteiger partial charge in [-0.05, 0) is 73.7 Å². The predicted octanol–water partition coefficient (Wildman–Crippen LogP) is 4.08. The fraction of sp³-hybridized carbons (Fsp3) is 0.0870. The highest BCUT2D eigenvalue weighted by Gasteiger charge is 2.34. The van der Waals surface area contributed by atoms with E-state index < -0.39 is 16.7 Å². The lowest BCUT2D eigenvalue weighted by Gasteiger charge is -2.28. The molecule has 33 heavy (non-hydrogen) atoms. The molecule has 2 aromatic carbocycles. The lowest BCUT2D eigenvalue weighted by atomic mass is 10.1. The van der Waals surface area contributed by atoms with E-state index in [-0.39, 0.29) is 22.1 Å². The summed E-state index contributed by atoms with van der Waals surface area (Å²) in [5, 5.41) is 13.3. The van der Waals surface area contributed by atoms with Gasteiger partial charge in [-0.15, -0.1) is 0 Å².